The number of carbonyl (C=O) groups excluding carboxylic acids is 1. The molecule has 1 amide bonds. The molecule has 1 aromatic heterocycles. The number of aromatic amines is 1. The number of carbonyl (C=O) groups is 1. The number of para-hydroxylation sites is 1. The van der Waals surface area contributed by atoms with Crippen LogP contribution in [-0.2, 0) is 17.8 Å². The first-order valence-electron chi connectivity index (χ1n) is 8.34. The minimum Gasteiger partial charge on any atom is -0.506 e. The lowest BCUT2D eigenvalue weighted by atomic mass is 9.87. The summed E-state index contributed by atoms with van der Waals surface area (Å²) in [6.45, 7) is 1.46. The second-order valence-corrected chi connectivity index (χ2v) is 6.63. The molecule has 1 aliphatic heterocycles. The van der Waals surface area contributed by atoms with Crippen LogP contribution in [0, 0.1) is 5.92 Å². The van der Waals surface area contributed by atoms with E-state index in [0.29, 0.717) is 12.5 Å². The Balaban J connectivity index is 1.62. The molecule has 2 heterocycles. The SMILES string of the molecule is O=C(C1CCCCC1)N1CCc2[nH]c3c(O)cccc3c2C1. The monoisotopic (exact) mass is 298 g/mol. The maximum absolute atomic E-state index is 12.8. The van der Waals surface area contributed by atoms with Crippen molar-refractivity contribution in [3.63, 3.8) is 0 Å². The molecule has 0 saturated heterocycles. The van der Waals surface area contributed by atoms with Gasteiger partial charge in [0.25, 0.3) is 0 Å². The Morgan fingerprint density at radius 2 is 2.05 bits per heavy atom. The van der Waals surface area contributed by atoms with Crippen molar-refractivity contribution < 1.29 is 9.90 Å². The molecule has 1 saturated carbocycles. The van der Waals surface area contributed by atoms with Crippen LogP contribution in [0.4, 0.5) is 0 Å². The van der Waals surface area contributed by atoms with Gasteiger partial charge in [0.2, 0.25) is 5.91 Å². The molecule has 0 atom stereocenters. The molecular weight excluding hydrogens is 276 g/mol. The molecule has 1 aliphatic carbocycles. The van der Waals surface area contributed by atoms with Crippen LogP contribution in [0.2, 0.25) is 0 Å². The largest absolute Gasteiger partial charge is 0.506 e. The number of hydrogen-bond acceptors (Lipinski definition) is 2. The summed E-state index contributed by atoms with van der Waals surface area (Å²) in [5, 5.41) is 11.0. The Morgan fingerprint density at radius 1 is 1.23 bits per heavy atom. The third kappa shape index (κ3) is 2.18. The number of nitrogens with zero attached hydrogens (tertiary/aromatic N) is 1. The minimum absolute atomic E-state index is 0.230. The number of phenols is 1. The summed E-state index contributed by atoms with van der Waals surface area (Å²) in [5.74, 6) is 0.853. The van der Waals surface area contributed by atoms with E-state index in [-0.39, 0.29) is 11.7 Å². The molecule has 4 rings (SSSR count). The van der Waals surface area contributed by atoms with Crippen LogP contribution in [0.15, 0.2) is 18.2 Å². The summed E-state index contributed by atoms with van der Waals surface area (Å²) in [6.07, 6.45) is 6.61. The number of amides is 1. The lowest BCUT2D eigenvalue weighted by molar-refractivity contribution is -0.137. The standard InChI is InChI=1S/C18H22N2O2/c21-16-8-4-7-13-14-11-20(10-9-15(14)19-17(13)16)18(22)12-5-2-1-3-6-12/h4,7-8,12,19,21H,1-3,5-6,9-11H2. The van der Waals surface area contributed by atoms with Crippen LogP contribution in [-0.4, -0.2) is 27.4 Å². The van der Waals surface area contributed by atoms with Gasteiger partial charge >= 0.3 is 0 Å². The average molecular weight is 298 g/mol. The molecule has 2 aromatic rings. The number of aromatic hydroxyl groups is 1. The summed E-state index contributed by atoms with van der Waals surface area (Å²) in [4.78, 5) is 18.1. The lowest BCUT2D eigenvalue weighted by Gasteiger charge is -2.32. The van der Waals surface area contributed by atoms with Crippen LogP contribution in [0.1, 0.15) is 43.4 Å². The van der Waals surface area contributed by atoms with E-state index in [1.54, 1.807) is 6.07 Å². The molecule has 0 unspecified atom stereocenters. The molecule has 22 heavy (non-hydrogen) atoms. The van der Waals surface area contributed by atoms with Crippen LogP contribution < -0.4 is 0 Å². The highest BCUT2D eigenvalue weighted by atomic mass is 16.3. The zero-order chi connectivity index (χ0) is 15.1. The van der Waals surface area contributed by atoms with Gasteiger partial charge in [-0.2, -0.15) is 0 Å². The average Bonchev–Trinajstić information content (AvgIpc) is 2.94. The number of aromatic nitrogens is 1. The van der Waals surface area contributed by atoms with E-state index in [9.17, 15) is 9.90 Å². The summed E-state index contributed by atoms with van der Waals surface area (Å²) >= 11 is 0. The minimum atomic E-state index is 0.230. The van der Waals surface area contributed by atoms with Crippen LogP contribution in [0.5, 0.6) is 5.75 Å². The van der Waals surface area contributed by atoms with Crippen molar-refractivity contribution in [2.24, 2.45) is 5.92 Å². The molecule has 0 bridgehead atoms. The first-order chi connectivity index (χ1) is 10.7. The summed E-state index contributed by atoms with van der Waals surface area (Å²) in [5.41, 5.74) is 3.16. The van der Waals surface area contributed by atoms with Gasteiger partial charge < -0.3 is 15.0 Å². The van der Waals surface area contributed by atoms with Gasteiger partial charge in [0.1, 0.15) is 5.75 Å². The maximum Gasteiger partial charge on any atom is 0.225 e. The van der Waals surface area contributed by atoms with E-state index >= 15 is 0 Å². The molecule has 116 valence electrons. The van der Waals surface area contributed by atoms with Crippen LogP contribution in [0.25, 0.3) is 10.9 Å². The van der Waals surface area contributed by atoms with Crippen LogP contribution in [0.3, 0.4) is 0 Å². The fraction of sp³-hybridized carbons (Fsp3) is 0.500. The predicted octanol–water partition coefficient (Wildman–Crippen LogP) is 3.34. The molecule has 2 aliphatic rings. The van der Waals surface area contributed by atoms with Gasteiger partial charge in [0, 0.05) is 42.1 Å². The quantitative estimate of drug-likeness (QED) is 0.848. The molecule has 0 radical (unpaired) electrons. The zero-order valence-corrected chi connectivity index (χ0v) is 12.8. The number of nitrogens with one attached hydrogen (secondary N) is 1. The Bertz CT molecular complexity index is 713. The van der Waals surface area contributed by atoms with Crippen molar-refractivity contribution in [3.05, 3.63) is 29.5 Å². The fourth-order valence-corrected chi connectivity index (χ4v) is 4.02. The number of phenolic OH excluding ortho intramolecular Hbond substituents is 1. The van der Waals surface area contributed by atoms with Gasteiger partial charge in [-0.25, -0.2) is 0 Å². The van der Waals surface area contributed by atoms with Gasteiger partial charge in [-0.1, -0.05) is 31.4 Å². The second-order valence-electron chi connectivity index (χ2n) is 6.63. The Hall–Kier alpha value is -1.97. The van der Waals surface area contributed by atoms with E-state index in [0.717, 1.165) is 36.7 Å². The van der Waals surface area contributed by atoms with Crippen molar-refractivity contribution in [1.82, 2.24) is 9.88 Å². The van der Waals surface area contributed by atoms with Gasteiger partial charge in [0.05, 0.1) is 5.52 Å². The highest BCUT2D eigenvalue weighted by Crippen LogP contribution is 2.33. The number of fused-ring (bicyclic) bond motifs is 3. The Kier molecular flexibility index (Phi) is 3.32. The third-order valence-electron chi connectivity index (χ3n) is 5.25. The summed E-state index contributed by atoms with van der Waals surface area (Å²) in [6, 6.07) is 5.60. The fourth-order valence-electron chi connectivity index (χ4n) is 4.02. The molecule has 0 spiro atoms. The molecular formula is C18H22N2O2. The third-order valence-corrected chi connectivity index (χ3v) is 5.25. The van der Waals surface area contributed by atoms with Crippen molar-refractivity contribution in [2.75, 3.05) is 6.54 Å². The summed E-state index contributed by atoms with van der Waals surface area (Å²) < 4.78 is 0. The van der Waals surface area contributed by atoms with E-state index in [1.807, 2.05) is 17.0 Å². The summed E-state index contributed by atoms with van der Waals surface area (Å²) in [7, 11) is 0. The smallest absolute Gasteiger partial charge is 0.225 e. The first-order valence-corrected chi connectivity index (χ1v) is 8.34. The molecule has 1 aromatic carbocycles. The topological polar surface area (TPSA) is 56.3 Å². The first kappa shape index (κ1) is 13.7. The molecule has 4 nitrogen and oxygen atoms in total. The molecule has 1 fully saturated rings. The van der Waals surface area contributed by atoms with E-state index in [1.165, 1.54) is 30.5 Å². The van der Waals surface area contributed by atoms with Crippen molar-refractivity contribution in [2.45, 2.75) is 45.1 Å². The van der Waals surface area contributed by atoms with Gasteiger partial charge in [-0.05, 0) is 18.9 Å². The number of benzene rings is 1. The van der Waals surface area contributed by atoms with Crippen molar-refractivity contribution in [3.8, 4) is 5.75 Å². The normalized spacial score (nSPS) is 19.4. The second kappa shape index (κ2) is 5.34. The molecule has 2 N–H and O–H groups in total. The van der Waals surface area contributed by atoms with Crippen molar-refractivity contribution in [1.29, 1.82) is 0 Å². The maximum atomic E-state index is 12.8. The van der Waals surface area contributed by atoms with Crippen LogP contribution >= 0.6 is 0 Å². The van der Waals surface area contributed by atoms with E-state index < -0.39 is 0 Å². The Morgan fingerprint density at radius 3 is 2.86 bits per heavy atom. The van der Waals surface area contributed by atoms with E-state index in [4.69, 9.17) is 0 Å². The molecule has 4 heteroatoms. The number of H-pyrrole nitrogens is 1. The Labute approximate surface area is 130 Å². The zero-order valence-electron chi connectivity index (χ0n) is 12.8. The van der Waals surface area contributed by atoms with Gasteiger partial charge in [-0.15, -0.1) is 0 Å². The lowest BCUT2D eigenvalue weighted by Crippen LogP contribution is -2.40. The van der Waals surface area contributed by atoms with Gasteiger partial charge in [0.15, 0.2) is 0 Å². The van der Waals surface area contributed by atoms with E-state index in [2.05, 4.69) is 4.98 Å². The van der Waals surface area contributed by atoms with Crippen molar-refractivity contribution >= 4 is 16.8 Å². The number of rotatable bonds is 1. The van der Waals surface area contributed by atoms with Gasteiger partial charge in [-0.3, -0.25) is 4.79 Å². The highest BCUT2D eigenvalue weighted by Gasteiger charge is 2.29. The highest BCUT2D eigenvalue weighted by molar-refractivity contribution is 5.90. The predicted molar refractivity (Wildman–Crippen MR) is 85.7 cm³/mol. The number of hydrogen-bond donors (Lipinski definition) is 2.